The minimum atomic E-state index is -0.980. The summed E-state index contributed by atoms with van der Waals surface area (Å²) in [6.07, 6.45) is 0. The van der Waals surface area contributed by atoms with Crippen molar-refractivity contribution in [1.29, 1.82) is 0 Å². The van der Waals surface area contributed by atoms with Crippen molar-refractivity contribution in [2.24, 2.45) is 0 Å². The van der Waals surface area contributed by atoms with E-state index in [-0.39, 0.29) is 11.1 Å². The van der Waals surface area contributed by atoms with Gasteiger partial charge in [0.2, 0.25) is 0 Å². The molecule has 0 atom stereocenters. The molecule has 0 radical (unpaired) electrons. The van der Waals surface area contributed by atoms with Crippen molar-refractivity contribution >= 4 is 29.4 Å². The maximum absolute atomic E-state index is 12.3. The number of nitrogens with one attached hydrogen (secondary N) is 1. The topological polar surface area (TPSA) is 136 Å². The number of benzene rings is 1. The van der Waals surface area contributed by atoms with Crippen molar-refractivity contribution in [2.75, 3.05) is 13.2 Å². The van der Waals surface area contributed by atoms with Gasteiger partial charge in [-0.1, -0.05) is 6.07 Å². The summed E-state index contributed by atoms with van der Waals surface area (Å²) in [5.41, 5.74) is -1.53. The van der Waals surface area contributed by atoms with Crippen LogP contribution in [0.3, 0.4) is 0 Å². The molecule has 26 heavy (non-hydrogen) atoms. The highest BCUT2D eigenvalue weighted by molar-refractivity contribution is 6.24. The molecule has 10 heteroatoms. The molecule has 0 aromatic heterocycles. The maximum Gasteiger partial charge on any atom is 0.326 e. The highest BCUT2D eigenvalue weighted by atomic mass is 16.6. The average molecular weight is 363 g/mol. The van der Waals surface area contributed by atoms with Gasteiger partial charge < -0.3 is 10.1 Å². The molecule has 0 aliphatic carbocycles. The quantitative estimate of drug-likeness (QED) is 0.351. The minimum Gasteiger partial charge on any atom is -0.454 e. The Morgan fingerprint density at radius 2 is 1.88 bits per heavy atom. The van der Waals surface area contributed by atoms with E-state index in [4.69, 9.17) is 4.74 Å². The predicted molar refractivity (Wildman–Crippen MR) is 87.3 cm³/mol. The zero-order valence-corrected chi connectivity index (χ0v) is 14.4. The standard InChI is InChI=1S/C16H17N3O7/c1-16(2,3)17-11(20)8-26-12(21)7-18-14(22)9-5-4-6-10(19(24)25)13(9)15(18)23/h4-6H,7-8H2,1-3H3,(H,17,20). The number of esters is 1. The number of fused-ring (bicyclic) bond motifs is 1. The Morgan fingerprint density at radius 1 is 1.23 bits per heavy atom. The molecule has 1 N–H and O–H groups in total. The summed E-state index contributed by atoms with van der Waals surface area (Å²) in [5, 5.41) is 13.6. The monoisotopic (exact) mass is 363 g/mol. The third-order valence-corrected chi connectivity index (χ3v) is 3.34. The van der Waals surface area contributed by atoms with Gasteiger partial charge in [0.05, 0.1) is 10.5 Å². The van der Waals surface area contributed by atoms with Crippen molar-refractivity contribution < 1.29 is 28.8 Å². The van der Waals surface area contributed by atoms with Gasteiger partial charge in [0, 0.05) is 11.6 Å². The molecule has 0 spiro atoms. The van der Waals surface area contributed by atoms with Crippen LogP contribution in [0.15, 0.2) is 18.2 Å². The molecule has 0 fully saturated rings. The van der Waals surface area contributed by atoms with Crippen molar-refractivity contribution in [3.63, 3.8) is 0 Å². The van der Waals surface area contributed by atoms with Crippen LogP contribution >= 0.6 is 0 Å². The number of rotatable bonds is 5. The molecule has 10 nitrogen and oxygen atoms in total. The van der Waals surface area contributed by atoms with Crippen LogP contribution in [0.1, 0.15) is 41.5 Å². The number of hydrogen-bond acceptors (Lipinski definition) is 7. The van der Waals surface area contributed by atoms with Crippen LogP contribution < -0.4 is 5.32 Å². The van der Waals surface area contributed by atoms with Crippen LogP contribution in [0.4, 0.5) is 5.69 Å². The largest absolute Gasteiger partial charge is 0.454 e. The Kier molecular flexibility index (Phi) is 5.05. The van der Waals surface area contributed by atoms with Gasteiger partial charge in [-0.3, -0.25) is 34.2 Å². The minimum absolute atomic E-state index is 0.150. The van der Waals surface area contributed by atoms with E-state index in [0.29, 0.717) is 4.90 Å². The van der Waals surface area contributed by atoms with Gasteiger partial charge in [-0.25, -0.2) is 0 Å². The lowest BCUT2D eigenvalue weighted by Crippen LogP contribution is -2.43. The van der Waals surface area contributed by atoms with Gasteiger partial charge in [-0.2, -0.15) is 0 Å². The molecule has 1 aliphatic heterocycles. The molecule has 0 saturated heterocycles. The lowest BCUT2D eigenvalue weighted by atomic mass is 10.1. The van der Waals surface area contributed by atoms with E-state index in [1.807, 2.05) is 0 Å². The first-order valence-corrected chi connectivity index (χ1v) is 7.61. The predicted octanol–water partition coefficient (Wildman–Crippen LogP) is 0.649. The molecule has 1 aliphatic rings. The smallest absolute Gasteiger partial charge is 0.326 e. The van der Waals surface area contributed by atoms with Crippen LogP contribution in [0.2, 0.25) is 0 Å². The number of carbonyl (C=O) groups excluding carboxylic acids is 4. The summed E-state index contributed by atoms with van der Waals surface area (Å²) in [6.45, 7) is 3.93. The Labute approximate surface area is 148 Å². The molecule has 138 valence electrons. The first kappa shape index (κ1) is 19.0. The number of ether oxygens (including phenoxy) is 1. The first-order valence-electron chi connectivity index (χ1n) is 7.61. The van der Waals surface area contributed by atoms with Crippen molar-refractivity contribution in [3.8, 4) is 0 Å². The second-order valence-corrected chi connectivity index (χ2v) is 6.61. The van der Waals surface area contributed by atoms with E-state index in [0.717, 1.165) is 6.07 Å². The normalized spacial score (nSPS) is 13.4. The summed E-state index contributed by atoms with van der Waals surface area (Å²) >= 11 is 0. The Hall–Kier alpha value is -3.30. The third kappa shape index (κ3) is 4.02. The van der Waals surface area contributed by atoms with Gasteiger partial charge >= 0.3 is 5.97 Å². The fraction of sp³-hybridized carbons (Fsp3) is 0.375. The molecular formula is C16H17N3O7. The third-order valence-electron chi connectivity index (χ3n) is 3.34. The molecule has 3 amide bonds. The summed E-state index contributed by atoms with van der Waals surface area (Å²) in [5.74, 6) is -3.30. The highest BCUT2D eigenvalue weighted by Gasteiger charge is 2.41. The zero-order chi connectivity index (χ0) is 19.6. The second-order valence-electron chi connectivity index (χ2n) is 6.61. The SMILES string of the molecule is CC(C)(C)NC(=O)COC(=O)CN1C(=O)c2cccc([N+](=O)[O-])c2C1=O. The lowest BCUT2D eigenvalue weighted by molar-refractivity contribution is -0.385. The molecule has 1 aromatic rings. The molecule has 1 aromatic carbocycles. The van der Waals surface area contributed by atoms with Gasteiger partial charge in [-0.15, -0.1) is 0 Å². The fourth-order valence-electron chi connectivity index (χ4n) is 2.39. The summed E-state index contributed by atoms with van der Waals surface area (Å²) in [7, 11) is 0. The number of nitro benzene ring substituents is 1. The number of amides is 3. The fourth-order valence-corrected chi connectivity index (χ4v) is 2.39. The second kappa shape index (κ2) is 6.90. The highest BCUT2D eigenvalue weighted by Crippen LogP contribution is 2.30. The van der Waals surface area contributed by atoms with E-state index >= 15 is 0 Å². The van der Waals surface area contributed by atoms with Crippen molar-refractivity contribution in [3.05, 3.63) is 39.4 Å². The Morgan fingerprint density at radius 3 is 2.46 bits per heavy atom. The molecule has 1 heterocycles. The van der Waals surface area contributed by atoms with Gasteiger partial charge in [-0.05, 0) is 26.8 Å². The molecule has 0 unspecified atom stereocenters. The van der Waals surface area contributed by atoms with Crippen molar-refractivity contribution in [2.45, 2.75) is 26.3 Å². The van der Waals surface area contributed by atoms with E-state index in [2.05, 4.69) is 5.32 Å². The number of carbonyl (C=O) groups is 4. The number of hydrogen-bond donors (Lipinski definition) is 1. The summed E-state index contributed by atoms with van der Waals surface area (Å²) in [4.78, 5) is 58.8. The first-order chi connectivity index (χ1) is 12.0. The maximum atomic E-state index is 12.3. The number of nitrogens with zero attached hydrogens (tertiary/aromatic N) is 2. The Balaban J connectivity index is 2.05. The molecule has 2 rings (SSSR count). The van der Waals surface area contributed by atoms with Crippen LogP contribution in [0, 0.1) is 10.1 Å². The van der Waals surface area contributed by atoms with Gasteiger partial charge in [0.25, 0.3) is 23.4 Å². The van der Waals surface area contributed by atoms with E-state index in [9.17, 15) is 29.3 Å². The van der Waals surface area contributed by atoms with Crippen LogP contribution in [0.25, 0.3) is 0 Å². The van der Waals surface area contributed by atoms with E-state index in [1.165, 1.54) is 12.1 Å². The Bertz CT molecular complexity index is 811. The number of nitro groups is 1. The van der Waals surface area contributed by atoms with E-state index in [1.54, 1.807) is 20.8 Å². The zero-order valence-electron chi connectivity index (χ0n) is 14.4. The molecule has 0 saturated carbocycles. The van der Waals surface area contributed by atoms with Crippen LogP contribution in [-0.2, 0) is 14.3 Å². The van der Waals surface area contributed by atoms with Crippen molar-refractivity contribution in [1.82, 2.24) is 10.2 Å². The molecular weight excluding hydrogens is 346 g/mol. The van der Waals surface area contributed by atoms with Crippen LogP contribution in [0.5, 0.6) is 0 Å². The van der Waals surface area contributed by atoms with E-state index < -0.39 is 53.0 Å². The van der Waals surface area contributed by atoms with Gasteiger partial charge in [0.1, 0.15) is 12.1 Å². The lowest BCUT2D eigenvalue weighted by Gasteiger charge is -2.20. The van der Waals surface area contributed by atoms with Crippen LogP contribution in [-0.4, -0.2) is 52.2 Å². The summed E-state index contributed by atoms with van der Waals surface area (Å²) in [6, 6.07) is 3.65. The molecule has 0 bridgehead atoms. The van der Waals surface area contributed by atoms with Gasteiger partial charge in [0.15, 0.2) is 6.61 Å². The number of imide groups is 1. The average Bonchev–Trinajstić information content (AvgIpc) is 2.76. The summed E-state index contributed by atoms with van der Waals surface area (Å²) < 4.78 is 4.75.